The summed E-state index contributed by atoms with van der Waals surface area (Å²) in [7, 11) is 0. The molecule has 0 aliphatic carbocycles. The first kappa shape index (κ1) is 10.1. The molecule has 1 atom stereocenters. The van der Waals surface area contributed by atoms with Crippen molar-refractivity contribution in [2.24, 2.45) is 0 Å². The highest BCUT2D eigenvalue weighted by Gasteiger charge is 2.16. The Morgan fingerprint density at radius 2 is 2.33 bits per heavy atom. The van der Waals surface area contributed by atoms with Gasteiger partial charge >= 0.3 is 0 Å². The molecule has 0 radical (unpaired) electrons. The van der Waals surface area contributed by atoms with Gasteiger partial charge in [0.1, 0.15) is 11.1 Å². The van der Waals surface area contributed by atoms with Crippen molar-refractivity contribution in [1.82, 2.24) is 9.97 Å². The van der Waals surface area contributed by atoms with Crippen molar-refractivity contribution in [3.05, 3.63) is 40.1 Å². The Balaban J connectivity index is 2.36. The van der Waals surface area contributed by atoms with Crippen molar-refractivity contribution in [3.63, 3.8) is 0 Å². The monoisotopic (exact) mass is 221 g/mol. The minimum absolute atomic E-state index is 0.533. The average Bonchev–Trinajstić information content (AvgIpc) is 2.65. The molecule has 0 amide bonds. The molecule has 5 heteroatoms. The maximum Gasteiger partial charge on any atom is 0.134 e. The second kappa shape index (κ2) is 3.96. The van der Waals surface area contributed by atoms with Gasteiger partial charge in [0.25, 0.3) is 0 Å². The predicted molar refractivity (Wildman–Crippen MR) is 59.6 cm³/mol. The molecule has 2 aromatic heterocycles. The number of aliphatic hydroxyl groups excluding tert-OH is 1. The lowest BCUT2D eigenvalue weighted by molar-refractivity contribution is 0.220. The number of hydrogen-bond donors (Lipinski definition) is 2. The Labute approximate surface area is 91.4 Å². The second-order valence-electron chi connectivity index (χ2n) is 3.23. The summed E-state index contributed by atoms with van der Waals surface area (Å²) < 4.78 is 0. The van der Waals surface area contributed by atoms with Gasteiger partial charge in [-0.15, -0.1) is 11.3 Å². The maximum absolute atomic E-state index is 10.0. The third-order valence-corrected chi connectivity index (χ3v) is 3.07. The molecule has 78 valence electrons. The van der Waals surface area contributed by atoms with Crippen LogP contribution in [-0.2, 0) is 0 Å². The number of aryl methyl sites for hydroxylation is 1. The molecule has 0 aliphatic heterocycles. The first-order valence-corrected chi connectivity index (χ1v) is 5.36. The van der Waals surface area contributed by atoms with E-state index >= 15 is 0 Å². The molecule has 0 aliphatic rings. The summed E-state index contributed by atoms with van der Waals surface area (Å²) in [6.45, 7) is 1.89. The highest BCUT2D eigenvalue weighted by atomic mass is 32.1. The number of thiazole rings is 1. The molecule has 0 saturated carbocycles. The van der Waals surface area contributed by atoms with E-state index in [0.29, 0.717) is 16.3 Å². The fourth-order valence-electron chi connectivity index (χ4n) is 1.28. The second-order valence-corrected chi connectivity index (χ2v) is 4.12. The number of aromatic nitrogens is 2. The van der Waals surface area contributed by atoms with E-state index in [2.05, 4.69) is 9.97 Å². The third-order valence-electron chi connectivity index (χ3n) is 2.05. The minimum atomic E-state index is -0.780. The quantitative estimate of drug-likeness (QED) is 0.806. The van der Waals surface area contributed by atoms with Gasteiger partial charge in [0.05, 0.1) is 0 Å². The van der Waals surface area contributed by atoms with Crippen LogP contribution in [0.5, 0.6) is 0 Å². The van der Waals surface area contributed by atoms with Crippen LogP contribution in [0.25, 0.3) is 0 Å². The van der Waals surface area contributed by atoms with E-state index in [9.17, 15) is 5.11 Å². The molecule has 3 N–H and O–H groups in total. The van der Waals surface area contributed by atoms with E-state index in [1.807, 2.05) is 12.3 Å². The molecule has 2 heterocycles. The number of nitrogens with zero attached hydrogens (tertiary/aromatic N) is 2. The van der Waals surface area contributed by atoms with Gasteiger partial charge in [-0.1, -0.05) is 0 Å². The number of nitrogen functional groups attached to an aromatic ring is 1. The fraction of sp³-hybridized carbons (Fsp3) is 0.200. The van der Waals surface area contributed by atoms with Gasteiger partial charge in [0.15, 0.2) is 0 Å². The molecule has 1 unspecified atom stereocenters. The summed E-state index contributed by atoms with van der Waals surface area (Å²) in [6, 6.07) is 1.67. The summed E-state index contributed by atoms with van der Waals surface area (Å²) in [4.78, 5) is 8.15. The van der Waals surface area contributed by atoms with Gasteiger partial charge in [0.2, 0.25) is 0 Å². The van der Waals surface area contributed by atoms with Crippen LogP contribution < -0.4 is 5.73 Å². The van der Waals surface area contributed by atoms with Crippen LogP contribution in [0.3, 0.4) is 0 Å². The Kier molecular flexibility index (Phi) is 2.66. The first-order valence-electron chi connectivity index (χ1n) is 4.48. The molecule has 15 heavy (non-hydrogen) atoms. The Morgan fingerprint density at radius 3 is 2.93 bits per heavy atom. The summed E-state index contributed by atoms with van der Waals surface area (Å²) in [5.74, 6) is 0. The maximum atomic E-state index is 10.0. The SMILES string of the molecule is Cc1csc(C(O)c2cnccc2N)n1. The van der Waals surface area contributed by atoms with E-state index < -0.39 is 6.10 Å². The van der Waals surface area contributed by atoms with Crippen molar-refractivity contribution in [1.29, 1.82) is 0 Å². The van der Waals surface area contributed by atoms with Crippen LogP contribution in [0.4, 0.5) is 5.69 Å². The Morgan fingerprint density at radius 1 is 1.53 bits per heavy atom. The van der Waals surface area contributed by atoms with Gasteiger partial charge in [-0.3, -0.25) is 4.98 Å². The summed E-state index contributed by atoms with van der Waals surface area (Å²) >= 11 is 1.42. The smallest absolute Gasteiger partial charge is 0.134 e. The van der Waals surface area contributed by atoms with Gasteiger partial charge in [-0.2, -0.15) is 0 Å². The largest absolute Gasteiger partial charge is 0.398 e. The van der Waals surface area contributed by atoms with Crippen LogP contribution in [0.15, 0.2) is 23.8 Å². The third kappa shape index (κ3) is 1.98. The average molecular weight is 221 g/mol. The Bertz CT molecular complexity index is 469. The standard InChI is InChI=1S/C10H11N3OS/c1-6-5-15-10(13-6)9(14)7-4-12-3-2-8(7)11/h2-5,9,14H,1H3,(H2,11,12). The molecular formula is C10H11N3OS. The Hall–Kier alpha value is -1.46. The zero-order chi connectivity index (χ0) is 10.8. The van der Waals surface area contributed by atoms with Crippen LogP contribution in [0, 0.1) is 6.92 Å². The molecule has 0 fully saturated rings. The number of anilines is 1. The summed E-state index contributed by atoms with van der Waals surface area (Å²) in [6.07, 6.45) is 2.38. The molecule has 0 aromatic carbocycles. The van der Waals surface area contributed by atoms with Gasteiger partial charge in [0, 0.05) is 34.7 Å². The number of nitrogens with two attached hydrogens (primary N) is 1. The van der Waals surface area contributed by atoms with Crippen molar-refractivity contribution < 1.29 is 5.11 Å². The summed E-state index contributed by atoms with van der Waals surface area (Å²) in [5.41, 5.74) is 7.78. The lowest BCUT2D eigenvalue weighted by Gasteiger charge is -2.09. The van der Waals surface area contributed by atoms with Crippen LogP contribution >= 0.6 is 11.3 Å². The van der Waals surface area contributed by atoms with E-state index in [-0.39, 0.29) is 0 Å². The number of aliphatic hydroxyl groups is 1. The van der Waals surface area contributed by atoms with Crippen molar-refractivity contribution in [3.8, 4) is 0 Å². The van der Waals surface area contributed by atoms with Gasteiger partial charge < -0.3 is 10.8 Å². The highest BCUT2D eigenvalue weighted by Crippen LogP contribution is 2.27. The van der Waals surface area contributed by atoms with Gasteiger partial charge in [-0.05, 0) is 13.0 Å². The lowest BCUT2D eigenvalue weighted by Crippen LogP contribution is -2.03. The van der Waals surface area contributed by atoms with Crippen LogP contribution in [0.1, 0.15) is 22.4 Å². The predicted octanol–water partition coefficient (Wildman–Crippen LogP) is 1.51. The summed E-state index contributed by atoms with van der Waals surface area (Å²) in [5, 5.41) is 12.6. The molecule has 0 bridgehead atoms. The van der Waals surface area contributed by atoms with E-state index in [1.165, 1.54) is 11.3 Å². The highest BCUT2D eigenvalue weighted by molar-refractivity contribution is 7.09. The minimum Gasteiger partial charge on any atom is -0.398 e. The van der Waals surface area contributed by atoms with Crippen molar-refractivity contribution in [2.45, 2.75) is 13.0 Å². The molecule has 4 nitrogen and oxygen atoms in total. The fourth-order valence-corrected chi connectivity index (χ4v) is 2.07. The number of pyridine rings is 1. The van der Waals surface area contributed by atoms with Crippen LogP contribution in [-0.4, -0.2) is 15.1 Å². The van der Waals surface area contributed by atoms with E-state index in [1.54, 1.807) is 18.5 Å². The molecular weight excluding hydrogens is 210 g/mol. The van der Waals surface area contributed by atoms with Gasteiger partial charge in [-0.25, -0.2) is 4.98 Å². The van der Waals surface area contributed by atoms with Crippen LogP contribution in [0.2, 0.25) is 0 Å². The molecule has 0 saturated heterocycles. The molecule has 2 rings (SSSR count). The number of hydrogen-bond acceptors (Lipinski definition) is 5. The zero-order valence-electron chi connectivity index (χ0n) is 8.21. The normalized spacial score (nSPS) is 12.7. The van der Waals surface area contributed by atoms with E-state index in [0.717, 1.165) is 5.69 Å². The molecule has 0 spiro atoms. The van der Waals surface area contributed by atoms with Crippen molar-refractivity contribution >= 4 is 17.0 Å². The topological polar surface area (TPSA) is 72.0 Å². The number of rotatable bonds is 2. The first-order chi connectivity index (χ1) is 7.18. The lowest BCUT2D eigenvalue weighted by atomic mass is 10.1. The van der Waals surface area contributed by atoms with Crippen molar-refractivity contribution in [2.75, 3.05) is 5.73 Å². The molecule has 2 aromatic rings. The zero-order valence-corrected chi connectivity index (χ0v) is 9.03. The van der Waals surface area contributed by atoms with E-state index in [4.69, 9.17) is 5.73 Å².